The molecule has 1 aromatic carbocycles. The van der Waals surface area contributed by atoms with Gasteiger partial charge < -0.3 is 40.2 Å². The number of hydrogen-bond donors (Lipinski definition) is 5. The summed E-state index contributed by atoms with van der Waals surface area (Å²) in [6, 6.07) is 5.15. The monoisotopic (exact) mass is 574 g/mol. The van der Waals surface area contributed by atoms with Gasteiger partial charge in [0, 0.05) is 17.9 Å². The van der Waals surface area contributed by atoms with E-state index in [-0.39, 0.29) is 24.3 Å². The van der Waals surface area contributed by atoms with Gasteiger partial charge >= 0.3 is 5.97 Å². The lowest BCUT2D eigenvalue weighted by atomic mass is 9.91. The van der Waals surface area contributed by atoms with Crippen molar-refractivity contribution in [2.45, 2.75) is 81.1 Å². The third-order valence-electron chi connectivity index (χ3n) is 7.06. The van der Waals surface area contributed by atoms with E-state index in [2.05, 4.69) is 17.6 Å². The van der Waals surface area contributed by atoms with Crippen molar-refractivity contribution in [2.75, 3.05) is 26.0 Å². The second-order valence-electron chi connectivity index (χ2n) is 9.78. The third-order valence-corrected chi connectivity index (χ3v) is 8.43. The van der Waals surface area contributed by atoms with Gasteiger partial charge in [0.15, 0.2) is 0 Å². The van der Waals surface area contributed by atoms with Gasteiger partial charge in [-0.25, -0.2) is 4.79 Å². The fraction of sp³-hybridized carbons (Fsp3) is 0.692. The van der Waals surface area contributed by atoms with Crippen LogP contribution in [0.5, 0.6) is 0 Å². The number of benzene rings is 1. The van der Waals surface area contributed by atoms with E-state index in [1.165, 1.54) is 7.11 Å². The van der Waals surface area contributed by atoms with E-state index in [9.17, 15) is 24.9 Å². The molecule has 1 amide bonds. The highest BCUT2D eigenvalue weighted by Gasteiger charge is 2.49. The van der Waals surface area contributed by atoms with Crippen molar-refractivity contribution < 1.29 is 39.1 Å². The summed E-state index contributed by atoms with van der Waals surface area (Å²) in [7, 11) is 1.48. The summed E-state index contributed by atoms with van der Waals surface area (Å²) >= 11 is 6.97. The Labute approximate surface area is 232 Å². The van der Waals surface area contributed by atoms with Crippen molar-refractivity contribution in [3.63, 3.8) is 0 Å². The summed E-state index contributed by atoms with van der Waals surface area (Å²) < 4.78 is 16.8. The number of carbonyl (C=O) groups is 2. The highest BCUT2D eigenvalue weighted by atomic mass is 35.5. The molecular weight excluding hydrogens is 536 g/mol. The predicted molar refractivity (Wildman–Crippen MR) is 144 cm³/mol. The Hall–Kier alpha value is -1.44. The van der Waals surface area contributed by atoms with Crippen LogP contribution in [-0.4, -0.2) is 101 Å². The molecule has 38 heavy (non-hydrogen) atoms. The normalized spacial score (nSPS) is 31.0. The molecule has 2 fully saturated rings. The number of amides is 1. The van der Waals surface area contributed by atoms with Crippen LogP contribution in [0.15, 0.2) is 24.3 Å². The Balaban J connectivity index is 1.59. The molecule has 0 bridgehead atoms. The molecule has 0 aromatic heterocycles. The van der Waals surface area contributed by atoms with Crippen molar-refractivity contribution in [3.05, 3.63) is 34.9 Å². The molecule has 2 heterocycles. The quantitative estimate of drug-likeness (QED) is 0.183. The van der Waals surface area contributed by atoms with Crippen molar-refractivity contribution in [1.29, 1.82) is 0 Å². The molecule has 9 atom stereocenters. The van der Waals surface area contributed by atoms with Gasteiger partial charge in [0.05, 0.1) is 23.8 Å². The summed E-state index contributed by atoms with van der Waals surface area (Å²) in [5, 5.41) is 38.6. The van der Waals surface area contributed by atoms with Crippen molar-refractivity contribution in [1.82, 2.24) is 10.6 Å². The van der Waals surface area contributed by atoms with E-state index in [0.29, 0.717) is 16.5 Å². The second-order valence-corrected chi connectivity index (χ2v) is 11.4. The summed E-state index contributed by atoms with van der Waals surface area (Å²) in [6.45, 7) is 4.65. The fourth-order valence-corrected chi connectivity index (χ4v) is 5.89. The lowest BCUT2D eigenvalue weighted by Gasteiger charge is -2.44. The van der Waals surface area contributed by atoms with Crippen LogP contribution in [0.2, 0.25) is 5.02 Å². The lowest BCUT2D eigenvalue weighted by Crippen LogP contribution is -2.66. The second kappa shape index (κ2) is 14.8. The van der Waals surface area contributed by atoms with Gasteiger partial charge in [0.2, 0.25) is 5.91 Å². The number of aliphatic hydroxyl groups is 3. The molecule has 2 aliphatic rings. The van der Waals surface area contributed by atoms with Crippen molar-refractivity contribution in [3.8, 4) is 0 Å². The van der Waals surface area contributed by atoms with Crippen LogP contribution in [0, 0.1) is 5.92 Å². The standard InChI is InChI=1S/C26H39ClN2O8S/c1-4-5-15-12-18(28-13-15)24(33)29-19(14(2)35-3)23-21(31)20(30)22(32)26(37-23)38-11-10-36-25(34)16-6-8-17(27)9-7-16/h6-9,14-15,18-23,26,28,30-32H,4-5,10-13H2,1-3H3,(H,29,33)/t14-,15-,18+,19-,20+,21-,22-,23-,26-/m1/s1. The first-order valence-electron chi connectivity index (χ1n) is 13.0. The van der Waals surface area contributed by atoms with Crippen LogP contribution in [-0.2, 0) is 19.0 Å². The van der Waals surface area contributed by atoms with Crippen LogP contribution >= 0.6 is 23.4 Å². The number of halogens is 1. The maximum Gasteiger partial charge on any atom is 0.338 e. The molecule has 12 heteroatoms. The highest BCUT2D eigenvalue weighted by molar-refractivity contribution is 7.99. The molecule has 0 unspecified atom stereocenters. The number of aliphatic hydroxyl groups excluding tert-OH is 3. The number of thioether (sulfide) groups is 1. The minimum atomic E-state index is -1.51. The maximum absolute atomic E-state index is 13.1. The van der Waals surface area contributed by atoms with Crippen LogP contribution in [0.1, 0.15) is 43.5 Å². The number of nitrogens with one attached hydrogen (secondary N) is 2. The smallest absolute Gasteiger partial charge is 0.338 e. The Kier molecular flexibility index (Phi) is 12.1. The largest absolute Gasteiger partial charge is 0.461 e. The highest BCUT2D eigenvalue weighted by Crippen LogP contribution is 2.31. The predicted octanol–water partition coefficient (Wildman–Crippen LogP) is 1.34. The minimum absolute atomic E-state index is 0.0307. The molecule has 214 valence electrons. The average molecular weight is 575 g/mol. The summed E-state index contributed by atoms with van der Waals surface area (Å²) in [6.07, 6.45) is -3.16. The van der Waals surface area contributed by atoms with E-state index < -0.39 is 48.0 Å². The van der Waals surface area contributed by atoms with E-state index in [4.69, 9.17) is 25.8 Å². The molecule has 2 aliphatic heterocycles. The Morgan fingerprint density at radius 2 is 1.92 bits per heavy atom. The zero-order chi connectivity index (χ0) is 27.8. The fourth-order valence-electron chi connectivity index (χ4n) is 4.79. The third kappa shape index (κ3) is 8.04. The van der Waals surface area contributed by atoms with Crippen LogP contribution in [0.4, 0.5) is 0 Å². The summed E-state index contributed by atoms with van der Waals surface area (Å²) in [5.41, 5.74) is -0.577. The Morgan fingerprint density at radius 3 is 2.58 bits per heavy atom. The number of methoxy groups -OCH3 is 1. The molecule has 5 N–H and O–H groups in total. The van der Waals surface area contributed by atoms with E-state index in [1.54, 1.807) is 31.2 Å². The average Bonchev–Trinajstić information content (AvgIpc) is 3.38. The van der Waals surface area contributed by atoms with Crippen LogP contribution in [0.3, 0.4) is 0 Å². The first kappa shape index (κ1) is 31.1. The minimum Gasteiger partial charge on any atom is -0.461 e. The molecule has 0 spiro atoms. The molecule has 10 nitrogen and oxygen atoms in total. The van der Waals surface area contributed by atoms with E-state index >= 15 is 0 Å². The lowest BCUT2D eigenvalue weighted by molar-refractivity contribution is -0.212. The first-order chi connectivity index (χ1) is 18.2. The summed E-state index contributed by atoms with van der Waals surface area (Å²) in [5.74, 6) is -0.0541. The molecule has 1 aromatic rings. The molecular formula is C26H39ClN2O8S. The van der Waals surface area contributed by atoms with Gasteiger partial charge in [0.25, 0.3) is 0 Å². The Bertz CT molecular complexity index is 910. The molecule has 0 radical (unpaired) electrons. The van der Waals surface area contributed by atoms with Crippen LogP contribution < -0.4 is 10.6 Å². The van der Waals surface area contributed by atoms with Gasteiger partial charge in [0.1, 0.15) is 36.5 Å². The maximum atomic E-state index is 13.1. The molecule has 3 rings (SSSR count). The van der Waals surface area contributed by atoms with Crippen molar-refractivity contribution >= 4 is 35.2 Å². The van der Waals surface area contributed by atoms with Gasteiger partial charge in [-0.15, -0.1) is 11.8 Å². The molecule has 0 aliphatic carbocycles. The van der Waals surface area contributed by atoms with Gasteiger partial charge in [-0.05, 0) is 56.5 Å². The Morgan fingerprint density at radius 1 is 1.21 bits per heavy atom. The number of carbonyl (C=O) groups excluding carboxylic acids is 2. The number of ether oxygens (including phenoxy) is 3. The number of hydrogen-bond acceptors (Lipinski definition) is 10. The number of rotatable bonds is 12. The molecule has 2 saturated heterocycles. The summed E-state index contributed by atoms with van der Waals surface area (Å²) in [4.78, 5) is 25.3. The van der Waals surface area contributed by atoms with Gasteiger partial charge in [-0.2, -0.15) is 0 Å². The van der Waals surface area contributed by atoms with E-state index in [1.807, 2.05) is 0 Å². The van der Waals surface area contributed by atoms with Gasteiger partial charge in [-0.3, -0.25) is 4.79 Å². The van der Waals surface area contributed by atoms with Crippen molar-refractivity contribution in [2.24, 2.45) is 5.92 Å². The molecule has 0 saturated carbocycles. The number of esters is 1. The zero-order valence-corrected chi connectivity index (χ0v) is 23.5. The van der Waals surface area contributed by atoms with Crippen LogP contribution in [0.25, 0.3) is 0 Å². The topological polar surface area (TPSA) is 147 Å². The van der Waals surface area contributed by atoms with Gasteiger partial charge in [-0.1, -0.05) is 24.9 Å². The SMILES string of the molecule is CCC[C@H]1CN[C@H](C(=O)N[C@@H]([C@H]2O[C@H](SCCOC(=O)c3ccc(Cl)cc3)[C@H](O)[C@@H](O)[C@H]2O)[C@@H](C)OC)C1. The van der Waals surface area contributed by atoms with E-state index in [0.717, 1.165) is 37.6 Å². The zero-order valence-electron chi connectivity index (χ0n) is 21.9. The first-order valence-corrected chi connectivity index (χ1v) is 14.4.